The molecule has 2 aliphatic rings. The Morgan fingerprint density at radius 2 is 1.84 bits per heavy atom. The maximum atomic E-state index is 13.4. The summed E-state index contributed by atoms with van der Waals surface area (Å²) in [6.07, 6.45) is -0.0265. The van der Waals surface area contributed by atoms with Gasteiger partial charge in [0.1, 0.15) is 5.54 Å². The smallest absolute Gasteiger partial charge is 0.396 e. The van der Waals surface area contributed by atoms with E-state index in [1.54, 1.807) is 0 Å². The molecule has 180 valence electrons. The number of nitrogens with zero attached hydrogens (tertiary/aromatic N) is 1. The van der Waals surface area contributed by atoms with E-state index in [9.17, 15) is 31.5 Å². The van der Waals surface area contributed by atoms with Crippen molar-refractivity contribution in [2.75, 3.05) is 13.7 Å². The Kier molecular flexibility index (Phi) is 6.98. The van der Waals surface area contributed by atoms with Crippen LogP contribution in [0.5, 0.6) is 0 Å². The molecule has 2 saturated carbocycles. The zero-order chi connectivity index (χ0) is 23.9. The zero-order valence-corrected chi connectivity index (χ0v) is 19.3. The number of fused-ring (bicyclic) bond motifs is 2. The largest absolute Gasteiger partial charge is 0.417 e. The number of halogens is 3. The molecule has 2 N–H and O–H groups in total. The summed E-state index contributed by atoms with van der Waals surface area (Å²) >= 11 is 0. The van der Waals surface area contributed by atoms with Crippen LogP contribution in [0.4, 0.5) is 13.2 Å². The molecule has 32 heavy (non-hydrogen) atoms. The number of likely N-dealkylation sites (N-methyl/N-ethyl adjacent to an activating group) is 1. The molecular formula is C22H31F3N2O4S. The maximum absolute atomic E-state index is 13.4. The van der Waals surface area contributed by atoms with Gasteiger partial charge in [-0.2, -0.15) is 17.5 Å². The van der Waals surface area contributed by atoms with E-state index < -0.39 is 38.1 Å². The number of hydrogen-bond donors (Lipinski definition) is 2. The fourth-order valence-corrected chi connectivity index (χ4v) is 6.79. The summed E-state index contributed by atoms with van der Waals surface area (Å²) in [5, 5.41) is 12.8. The van der Waals surface area contributed by atoms with E-state index in [1.807, 2.05) is 0 Å². The number of carbonyl (C=O) groups is 1. The van der Waals surface area contributed by atoms with Crippen LogP contribution in [0.1, 0.15) is 51.5 Å². The maximum Gasteiger partial charge on any atom is 0.417 e. The molecule has 1 aromatic carbocycles. The molecule has 0 radical (unpaired) electrons. The molecule has 1 amide bonds. The number of hydrogen-bond acceptors (Lipinski definition) is 4. The van der Waals surface area contributed by atoms with Crippen molar-refractivity contribution >= 4 is 15.9 Å². The highest BCUT2D eigenvalue weighted by Gasteiger charge is 2.47. The summed E-state index contributed by atoms with van der Waals surface area (Å²) in [4.78, 5) is 12.3. The zero-order valence-electron chi connectivity index (χ0n) is 18.5. The fraction of sp³-hybridized carbons (Fsp3) is 0.682. The lowest BCUT2D eigenvalue weighted by atomic mass is 9.65. The van der Waals surface area contributed by atoms with Crippen LogP contribution in [-0.2, 0) is 21.0 Å². The van der Waals surface area contributed by atoms with Crippen LogP contribution in [0.15, 0.2) is 29.2 Å². The number of benzene rings is 1. The highest BCUT2D eigenvalue weighted by atomic mass is 32.2. The van der Waals surface area contributed by atoms with E-state index >= 15 is 0 Å². The predicted octanol–water partition coefficient (Wildman–Crippen LogP) is 3.41. The second kappa shape index (κ2) is 8.95. The predicted molar refractivity (Wildman–Crippen MR) is 113 cm³/mol. The van der Waals surface area contributed by atoms with Crippen molar-refractivity contribution in [3.8, 4) is 0 Å². The summed E-state index contributed by atoms with van der Waals surface area (Å²) < 4.78 is 67.2. The topological polar surface area (TPSA) is 86.7 Å². The number of aliphatic hydroxyl groups is 1. The Hall–Kier alpha value is -1.65. The van der Waals surface area contributed by atoms with Gasteiger partial charge in [-0.05, 0) is 57.1 Å². The molecule has 2 fully saturated rings. The third-order valence-corrected chi connectivity index (χ3v) is 9.27. The molecule has 0 saturated heterocycles. The Morgan fingerprint density at radius 1 is 1.19 bits per heavy atom. The molecule has 0 aliphatic heterocycles. The van der Waals surface area contributed by atoms with Gasteiger partial charge in [0.25, 0.3) is 0 Å². The van der Waals surface area contributed by atoms with E-state index in [0.29, 0.717) is 16.3 Å². The molecule has 0 spiro atoms. The Morgan fingerprint density at radius 3 is 2.47 bits per heavy atom. The minimum absolute atomic E-state index is 0.0779. The summed E-state index contributed by atoms with van der Waals surface area (Å²) in [5.74, 6) is 0.00783. The lowest BCUT2D eigenvalue weighted by Crippen LogP contribution is -2.60. The average molecular weight is 477 g/mol. The van der Waals surface area contributed by atoms with Crippen molar-refractivity contribution < 1.29 is 31.5 Å². The number of rotatable bonds is 6. The van der Waals surface area contributed by atoms with Gasteiger partial charge in [-0.1, -0.05) is 25.0 Å². The monoisotopic (exact) mass is 476 g/mol. The molecule has 1 aromatic rings. The van der Waals surface area contributed by atoms with E-state index in [-0.39, 0.29) is 24.5 Å². The minimum Gasteiger partial charge on any atom is -0.396 e. The average Bonchev–Trinajstić information content (AvgIpc) is 2.74. The number of nitrogens with one attached hydrogen (secondary N) is 1. The van der Waals surface area contributed by atoms with Gasteiger partial charge in [-0.25, -0.2) is 8.42 Å². The Bertz CT molecular complexity index is 947. The molecule has 10 heteroatoms. The van der Waals surface area contributed by atoms with Gasteiger partial charge in [0.2, 0.25) is 15.9 Å². The van der Waals surface area contributed by atoms with Crippen molar-refractivity contribution in [3.63, 3.8) is 0 Å². The molecule has 4 atom stereocenters. The van der Waals surface area contributed by atoms with E-state index in [0.717, 1.165) is 51.3 Å². The number of alkyl halides is 3. The molecule has 4 unspecified atom stereocenters. The van der Waals surface area contributed by atoms with Crippen LogP contribution in [-0.4, -0.2) is 49.0 Å². The molecule has 0 aromatic heterocycles. The first-order chi connectivity index (χ1) is 14.8. The van der Waals surface area contributed by atoms with Gasteiger partial charge in [0, 0.05) is 25.6 Å². The van der Waals surface area contributed by atoms with Gasteiger partial charge in [0.15, 0.2) is 0 Å². The van der Waals surface area contributed by atoms with Crippen molar-refractivity contribution in [1.29, 1.82) is 0 Å². The lowest BCUT2D eigenvalue weighted by Gasteiger charge is -2.46. The normalized spacial score (nSPS) is 26.8. The van der Waals surface area contributed by atoms with Crippen LogP contribution < -0.4 is 5.32 Å². The standard InChI is InChI=1S/C22H31F3N2O4S/c1-21(2,20(29)26-19-15-8-6-7-14(11-15)12-16(19)13-28)27(3)32(30,31)18-10-5-4-9-17(18)22(23,24)25/h4-5,9-10,14-16,19,28H,6-8,11-13H2,1-3H3,(H,26,29). The third kappa shape index (κ3) is 4.68. The summed E-state index contributed by atoms with van der Waals surface area (Å²) in [7, 11) is -3.51. The molecular weight excluding hydrogens is 445 g/mol. The molecule has 2 aliphatic carbocycles. The number of carbonyl (C=O) groups excluding carboxylic acids is 1. The van der Waals surface area contributed by atoms with E-state index in [4.69, 9.17) is 0 Å². The highest BCUT2D eigenvalue weighted by molar-refractivity contribution is 7.89. The van der Waals surface area contributed by atoms with Gasteiger partial charge < -0.3 is 10.4 Å². The van der Waals surface area contributed by atoms with Gasteiger partial charge in [-0.3, -0.25) is 4.79 Å². The first kappa shape index (κ1) is 25.0. The summed E-state index contributed by atoms with van der Waals surface area (Å²) in [6, 6.07) is 3.66. The van der Waals surface area contributed by atoms with Gasteiger partial charge in [-0.15, -0.1) is 0 Å². The quantitative estimate of drug-likeness (QED) is 0.659. The number of aliphatic hydroxyl groups excluding tert-OH is 1. The first-order valence-electron chi connectivity index (χ1n) is 10.9. The van der Waals surface area contributed by atoms with Crippen molar-refractivity contribution in [3.05, 3.63) is 29.8 Å². The second-order valence-corrected chi connectivity index (χ2v) is 11.4. The van der Waals surface area contributed by atoms with Crippen molar-refractivity contribution in [2.24, 2.45) is 17.8 Å². The Balaban J connectivity index is 1.86. The molecule has 2 bridgehead atoms. The summed E-state index contributed by atoms with van der Waals surface area (Å²) in [6.45, 7) is 2.67. The Labute approximate surface area is 187 Å². The highest BCUT2D eigenvalue weighted by Crippen LogP contribution is 2.43. The van der Waals surface area contributed by atoms with Crippen LogP contribution in [0, 0.1) is 17.8 Å². The molecule has 3 rings (SSSR count). The van der Waals surface area contributed by atoms with Crippen molar-refractivity contribution in [1.82, 2.24) is 9.62 Å². The van der Waals surface area contributed by atoms with Crippen molar-refractivity contribution in [2.45, 2.75) is 68.6 Å². The minimum atomic E-state index is -4.86. The summed E-state index contributed by atoms with van der Waals surface area (Å²) in [5.41, 5.74) is -2.92. The fourth-order valence-electron chi connectivity index (χ4n) is 5.10. The first-order valence-corrected chi connectivity index (χ1v) is 12.3. The van der Waals surface area contributed by atoms with Crippen LogP contribution in [0.25, 0.3) is 0 Å². The van der Waals surface area contributed by atoms with Crippen LogP contribution >= 0.6 is 0 Å². The van der Waals surface area contributed by atoms with E-state index in [2.05, 4.69) is 5.32 Å². The lowest BCUT2D eigenvalue weighted by molar-refractivity contribution is -0.139. The van der Waals surface area contributed by atoms with Crippen LogP contribution in [0.2, 0.25) is 0 Å². The SMILES string of the molecule is CN(C(C)(C)C(=O)NC1C(CO)CC2CCCC1C2)S(=O)(=O)c1ccccc1C(F)(F)F. The number of sulfonamides is 1. The molecule has 6 nitrogen and oxygen atoms in total. The van der Waals surface area contributed by atoms with Crippen LogP contribution in [0.3, 0.4) is 0 Å². The molecule has 0 heterocycles. The van der Waals surface area contributed by atoms with Gasteiger partial charge in [0.05, 0.1) is 10.5 Å². The third-order valence-electron chi connectivity index (χ3n) is 7.18. The number of amides is 1. The second-order valence-electron chi connectivity index (χ2n) is 9.50. The van der Waals surface area contributed by atoms with E-state index in [1.165, 1.54) is 19.9 Å². The van der Waals surface area contributed by atoms with Gasteiger partial charge >= 0.3 is 6.18 Å².